The third-order valence-electron chi connectivity index (χ3n) is 3.26. The van der Waals surface area contributed by atoms with Crippen LogP contribution in [0.3, 0.4) is 0 Å². The molecule has 0 aromatic heterocycles. The van der Waals surface area contributed by atoms with Crippen LogP contribution < -0.4 is 4.52 Å². The zero-order valence-corrected chi connectivity index (χ0v) is 17.9. The molecule has 0 heterocycles. The Morgan fingerprint density at radius 2 is 1.85 bits per heavy atom. The highest BCUT2D eigenvalue weighted by atomic mass is 32.7. The summed E-state index contributed by atoms with van der Waals surface area (Å²) in [5.74, 6) is 1.38. The van der Waals surface area contributed by atoms with Crippen molar-refractivity contribution >= 4 is 29.9 Å². The van der Waals surface area contributed by atoms with E-state index >= 15 is 0 Å². The Balaban J connectivity index is 2.11. The molecule has 0 bridgehead atoms. The van der Waals surface area contributed by atoms with Gasteiger partial charge in [0, 0.05) is 15.5 Å². The number of halogens is 1. The average Bonchev–Trinajstić information content (AvgIpc) is 2.58. The van der Waals surface area contributed by atoms with Gasteiger partial charge in [-0.05, 0) is 79.2 Å². The molecule has 0 radical (unpaired) electrons. The van der Waals surface area contributed by atoms with Crippen LogP contribution >= 0.6 is 29.9 Å². The molecule has 0 saturated heterocycles. The Bertz CT molecular complexity index is 766. The van der Waals surface area contributed by atoms with Gasteiger partial charge in [-0.3, -0.25) is 4.52 Å². The fourth-order valence-corrected chi connectivity index (χ4v) is 6.67. The van der Waals surface area contributed by atoms with E-state index < -0.39 is 6.80 Å². The zero-order chi connectivity index (χ0) is 19.2. The minimum atomic E-state index is -3.23. The van der Waals surface area contributed by atoms with Gasteiger partial charge in [0.25, 0.3) is 0 Å². The molecule has 2 aromatic carbocycles. The predicted octanol–water partition coefficient (Wildman–Crippen LogP) is 7.20. The monoisotopic (exact) mass is 414 g/mol. The highest BCUT2D eigenvalue weighted by Crippen LogP contribution is 2.60. The van der Waals surface area contributed by atoms with Gasteiger partial charge in [0.2, 0.25) is 0 Å². The molecule has 3 nitrogen and oxygen atoms in total. The van der Waals surface area contributed by atoms with Crippen LogP contribution in [0.4, 0.5) is 4.39 Å². The fourth-order valence-electron chi connectivity index (χ4n) is 2.04. The fraction of sp³-hybridized carbons (Fsp3) is 0.368. The van der Waals surface area contributed by atoms with Crippen LogP contribution in [0.1, 0.15) is 26.3 Å². The standard InChI is InChI=1S/C19H24FO3PS2/c1-5-22-24(21,25-13-14(2)3)23-17-8-11-19(15(4)12-17)26-18-9-6-16(20)7-10-18/h6-12,14H,5,13H2,1-4H3. The first kappa shape index (κ1) is 21.4. The van der Waals surface area contributed by atoms with Crippen LogP contribution in [0.15, 0.2) is 52.3 Å². The summed E-state index contributed by atoms with van der Waals surface area (Å²) in [5, 5.41) is 0. The Labute approximate surface area is 163 Å². The van der Waals surface area contributed by atoms with Crippen LogP contribution in [-0.4, -0.2) is 12.4 Å². The molecule has 0 aliphatic carbocycles. The van der Waals surface area contributed by atoms with Gasteiger partial charge in [-0.1, -0.05) is 25.6 Å². The topological polar surface area (TPSA) is 35.5 Å². The molecule has 2 aromatic rings. The van der Waals surface area contributed by atoms with Crippen molar-refractivity contribution in [2.24, 2.45) is 5.92 Å². The lowest BCUT2D eigenvalue weighted by molar-refractivity contribution is 0.296. The van der Waals surface area contributed by atoms with Gasteiger partial charge in [-0.25, -0.2) is 8.96 Å². The summed E-state index contributed by atoms with van der Waals surface area (Å²) in [5.41, 5.74) is 0.994. The highest BCUT2D eigenvalue weighted by molar-refractivity contribution is 8.55. The first-order chi connectivity index (χ1) is 12.3. The van der Waals surface area contributed by atoms with Gasteiger partial charge in [0.1, 0.15) is 11.6 Å². The van der Waals surface area contributed by atoms with E-state index in [1.165, 1.54) is 23.5 Å². The summed E-state index contributed by atoms with van der Waals surface area (Å²) in [6.07, 6.45) is 0. The van der Waals surface area contributed by atoms with Crippen LogP contribution in [0.25, 0.3) is 0 Å². The van der Waals surface area contributed by atoms with Gasteiger partial charge in [-0.15, -0.1) is 0 Å². The second kappa shape index (κ2) is 9.84. The normalized spacial score (nSPS) is 13.6. The molecular weight excluding hydrogens is 390 g/mol. The number of benzene rings is 2. The van der Waals surface area contributed by atoms with Crippen molar-refractivity contribution in [2.45, 2.75) is 37.5 Å². The summed E-state index contributed by atoms with van der Waals surface area (Å²) >= 11 is 2.78. The quantitative estimate of drug-likeness (QED) is 0.406. The van der Waals surface area contributed by atoms with Gasteiger partial charge in [0.15, 0.2) is 0 Å². The summed E-state index contributed by atoms with van der Waals surface area (Å²) in [7, 11) is 0. The van der Waals surface area contributed by atoms with E-state index in [0.717, 1.165) is 15.4 Å². The first-order valence-corrected chi connectivity index (χ1v) is 12.4. The smallest absolute Gasteiger partial charge is 0.417 e. The van der Waals surface area contributed by atoms with Crippen LogP contribution in [-0.2, 0) is 9.09 Å². The number of hydrogen-bond donors (Lipinski definition) is 0. The first-order valence-electron chi connectivity index (χ1n) is 8.44. The zero-order valence-electron chi connectivity index (χ0n) is 15.4. The summed E-state index contributed by atoms with van der Waals surface area (Å²) in [4.78, 5) is 1.99. The van der Waals surface area contributed by atoms with Gasteiger partial charge >= 0.3 is 6.80 Å². The summed E-state index contributed by atoms with van der Waals surface area (Å²) < 4.78 is 37.1. The molecule has 0 spiro atoms. The van der Waals surface area contributed by atoms with E-state index in [1.54, 1.807) is 36.9 Å². The molecule has 0 aliphatic heterocycles. The van der Waals surface area contributed by atoms with Crippen molar-refractivity contribution in [1.82, 2.24) is 0 Å². The lowest BCUT2D eigenvalue weighted by atomic mass is 10.2. The van der Waals surface area contributed by atoms with E-state index in [0.29, 0.717) is 24.0 Å². The van der Waals surface area contributed by atoms with E-state index in [-0.39, 0.29) is 5.82 Å². The molecule has 1 unspecified atom stereocenters. The number of hydrogen-bond acceptors (Lipinski definition) is 5. The van der Waals surface area contributed by atoms with E-state index in [9.17, 15) is 8.96 Å². The minimum absolute atomic E-state index is 0.250. The van der Waals surface area contributed by atoms with Crippen LogP contribution in [0.5, 0.6) is 5.75 Å². The Kier molecular flexibility index (Phi) is 8.08. The molecule has 142 valence electrons. The molecule has 7 heteroatoms. The molecule has 0 N–H and O–H groups in total. The Morgan fingerprint density at radius 1 is 1.15 bits per heavy atom. The molecular formula is C19H24FO3PS2. The van der Waals surface area contributed by atoms with Crippen molar-refractivity contribution in [3.8, 4) is 5.75 Å². The van der Waals surface area contributed by atoms with Crippen LogP contribution in [0.2, 0.25) is 0 Å². The third-order valence-corrected chi connectivity index (χ3v) is 8.52. The van der Waals surface area contributed by atoms with Crippen molar-refractivity contribution < 1.29 is 18.0 Å². The maximum atomic E-state index is 13.0. The van der Waals surface area contributed by atoms with Crippen molar-refractivity contribution in [3.05, 3.63) is 53.8 Å². The molecule has 2 rings (SSSR count). The summed E-state index contributed by atoms with van der Waals surface area (Å²) in [6.45, 7) is 5.00. The van der Waals surface area contributed by atoms with E-state index in [2.05, 4.69) is 13.8 Å². The maximum absolute atomic E-state index is 13.0. The van der Waals surface area contributed by atoms with E-state index in [4.69, 9.17) is 9.05 Å². The van der Waals surface area contributed by atoms with Crippen molar-refractivity contribution in [3.63, 3.8) is 0 Å². The predicted molar refractivity (Wildman–Crippen MR) is 109 cm³/mol. The number of rotatable bonds is 9. The molecule has 0 amide bonds. The highest BCUT2D eigenvalue weighted by Gasteiger charge is 2.27. The molecule has 0 aliphatic rings. The number of aryl methyl sites for hydroxylation is 1. The molecule has 1 atom stereocenters. The van der Waals surface area contributed by atoms with Crippen molar-refractivity contribution in [1.29, 1.82) is 0 Å². The largest absolute Gasteiger partial charge is 0.440 e. The average molecular weight is 415 g/mol. The molecule has 0 fully saturated rings. The molecule has 26 heavy (non-hydrogen) atoms. The second-order valence-electron chi connectivity index (χ2n) is 6.13. The maximum Gasteiger partial charge on any atom is 0.440 e. The van der Waals surface area contributed by atoms with E-state index in [1.807, 2.05) is 19.1 Å². The lowest BCUT2D eigenvalue weighted by Gasteiger charge is -2.19. The minimum Gasteiger partial charge on any atom is -0.417 e. The SMILES string of the molecule is CCOP(=O)(Oc1ccc(Sc2ccc(F)cc2)c(C)c1)SCC(C)C. The van der Waals surface area contributed by atoms with Crippen molar-refractivity contribution in [2.75, 3.05) is 12.4 Å². The van der Waals surface area contributed by atoms with Crippen LogP contribution in [0, 0.1) is 18.7 Å². The Morgan fingerprint density at radius 3 is 2.42 bits per heavy atom. The van der Waals surface area contributed by atoms with Gasteiger partial charge in [-0.2, -0.15) is 0 Å². The molecule has 0 saturated carbocycles. The van der Waals surface area contributed by atoms with Gasteiger partial charge in [0.05, 0.1) is 6.61 Å². The Hall–Kier alpha value is -0.940. The second-order valence-corrected chi connectivity index (χ2v) is 11.3. The summed E-state index contributed by atoms with van der Waals surface area (Å²) in [6, 6.07) is 11.9. The third kappa shape index (κ3) is 6.66. The van der Waals surface area contributed by atoms with Gasteiger partial charge < -0.3 is 4.52 Å². The lowest BCUT2D eigenvalue weighted by Crippen LogP contribution is -1.99.